The number of nitrogens with two attached hydrogens (primary N) is 1. The van der Waals surface area contributed by atoms with Gasteiger partial charge in [0.2, 0.25) is 0 Å². The number of likely N-dealkylation sites (N-methyl/N-ethyl adjacent to an activating group) is 1. The Morgan fingerprint density at radius 3 is 2.71 bits per heavy atom. The Morgan fingerprint density at radius 2 is 2.12 bits per heavy atom. The zero-order valence-corrected chi connectivity index (χ0v) is 11.2. The van der Waals surface area contributed by atoms with Crippen molar-refractivity contribution in [2.75, 3.05) is 27.7 Å². The first-order chi connectivity index (χ1) is 7.63. The SMILES string of the molecule is C[NH2+]CCc1cccc(OC(=O)N(C)C)c1.[Cl-]. The van der Waals surface area contributed by atoms with Crippen molar-refractivity contribution < 1.29 is 27.3 Å². The number of ether oxygens (including phenoxy) is 1. The number of carbonyl (C=O) groups excluding carboxylic acids is 1. The summed E-state index contributed by atoms with van der Waals surface area (Å²) >= 11 is 0. The molecule has 0 bridgehead atoms. The van der Waals surface area contributed by atoms with Crippen LogP contribution in [0.25, 0.3) is 0 Å². The van der Waals surface area contributed by atoms with Crippen LogP contribution in [0.3, 0.4) is 0 Å². The van der Waals surface area contributed by atoms with Crippen LogP contribution in [-0.2, 0) is 6.42 Å². The van der Waals surface area contributed by atoms with Crippen LogP contribution in [-0.4, -0.2) is 38.7 Å². The van der Waals surface area contributed by atoms with E-state index in [1.165, 1.54) is 10.5 Å². The first kappa shape index (κ1) is 15.7. The van der Waals surface area contributed by atoms with E-state index >= 15 is 0 Å². The number of rotatable bonds is 4. The summed E-state index contributed by atoms with van der Waals surface area (Å²) in [6, 6.07) is 7.64. The van der Waals surface area contributed by atoms with Crippen LogP contribution < -0.4 is 22.5 Å². The number of benzene rings is 1. The maximum atomic E-state index is 11.3. The number of hydrogen-bond acceptors (Lipinski definition) is 2. The molecule has 0 spiro atoms. The number of hydrogen-bond donors (Lipinski definition) is 1. The zero-order chi connectivity index (χ0) is 12.0. The monoisotopic (exact) mass is 258 g/mol. The molecular weight excluding hydrogens is 240 g/mol. The standard InChI is InChI=1S/C12H18N2O2.ClH/c1-13-8-7-10-5-4-6-11(9-10)16-12(15)14(2)3;/h4-6,9,13H,7-8H2,1-3H3;1H. The van der Waals surface area contributed by atoms with Gasteiger partial charge in [0.1, 0.15) is 5.75 Å². The number of carbonyl (C=O) groups is 1. The average molecular weight is 259 g/mol. The van der Waals surface area contributed by atoms with Crippen molar-refractivity contribution in [3.63, 3.8) is 0 Å². The summed E-state index contributed by atoms with van der Waals surface area (Å²) in [4.78, 5) is 12.7. The molecule has 4 nitrogen and oxygen atoms in total. The maximum Gasteiger partial charge on any atom is 0.414 e. The summed E-state index contributed by atoms with van der Waals surface area (Å²) in [5, 5.41) is 2.12. The quantitative estimate of drug-likeness (QED) is 0.649. The Labute approximate surface area is 108 Å². The summed E-state index contributed by atoms with van der Waals surface area (Å²) in [6.45, 7) is 1.03. The minimum absolute atomic E-state index is 0. The predicted molar refractivity (Wildman–Crippen MR) is 62.6 cm³/mol. The van der Waals surface area contributed by atoms with E-state index in [4.69, 9.17) is 4.74 Å². The van der Waals surface area contributed by atoms with Crippen molar-refractivity contribution in [3.05, 3.63) is 29.8 Å². The Bertz CT molecular complexity index is 356. The summed E-state index contributed by atoms with van der Waals surface area (Å²) < 4.78 is 5.17. The molecule has 96 valence electrons. The molecule has 0 aromatic heterocycles. The van der Waals surface area contributed by atoms with Gasteiger partial charge in [-0.2, -0.15) is 0 Å². The molecule has 0 aliphatic carbocycles. The van der Waals surface area contributed by atoms with Gasteiger partial charge in [-0.3, -0.25) is 0 Å². The Morgan fingerprint density at radius 1 is 1.41 bits per heavy atom. The largest absolute Gasteiger partial charge is 1.00 e. The molecule has 0 saturated carbocycles. The van der Waals surface area contributed by atoms with Crippen LogP contribution in [0.15, 0.2) is 24.3 Å². The molecule has 0 radical (unpaired) electrons. The lowest BCUT2D eigenvalue weighted by Gasteiger charge is -2.11. The van der Waals surface area contributed by atoms with E-state index in [1.807, 2.05) is 25.2 Å². The Balaban J connectivity index is 0.00000256. The second-order valence-electron chi connectivity index (χ2n) is 3.86. The summed E-state index contributed by atoms with van der Waals surface area (Å²) in [6.07, 6.45) is 0.628. The predicted octanol–water partition coefficient (Wildman–Crippen LogP) is -2.51. The minimum Gasteiger partial charge on any atom is -1.00 e. The molecule has 0 aliphatic heterocycles. The molecule has 1 rings (SSSR count). The highest BCUT2D eigenvalue weighted by Crippen LogP contribution is 2.14. The van der Waals surface area contributed by atoms with Gasteiger partial charge >= 0.3 is 6.09 Å². The van der Waals surface area contributed by atoms with E-state index in [1.54, 1.807) is 20.2 Å². The van der Waals surface area contributed by atoms with Crippen LogP contribution in [0.4, 0.5) is 4.79 Å². The molecule has 2 N–H and O–H groups in total. The third kappa shape index (κ3) is 5.56. The van der Waals surface area contributed by atoms with Crippen molar-refractivity contribution in [1.82, 2.24) is 4.90 Å². The highest BCUT2D eigenvalue weighted by atomic mass is 35.5. The van der Waals surface area contributed by atoms with Crippen molar-refractivity contribution in [2.45, 2.75) is 6.42 Å². The van der Waals surface area contributed by atoms with Gasteiger partial charge in [0.25, 0.3) is 0 Å². The van der Waals surface area contributed by atoms with Gasteiger partial charge in [-0.15, -0.1) is 0 Å². The number of quaternary nitrogens is 1. The van der Waals surface area contributed by atoms with E-state index < -0.39 is 0 Å². The third-order valence-electron chi connectivity index (χ3n) is 2.19. The topological polar surface area (TPSA) is 46.1 Å². The maximum absolute atomic E-state index is 11.3. The molecule has 0 heterocycles. The van der Waals surface area contributed by atoms with Gasteiger partial charge in [0.05, 0.1) is 13.6 Å². The minimum atomic E-state index is -0.348. The van der Waals surface area contributed by atoms with Gasteiger partial charge in [0.15, 0.2) is 0 Å². The first-order valence-electron chi connectivity index (χ1n) is 5.39. The molecule has 17 heavy (non-hydrogen) atoms. The van der Waals surface area contributed by atoms with E-state index in [0.717, 1.165) is 13.0 Å². The van der Waals surface area contributed by atoms with Crippen LogP contribution in [0.1, 0.15) is 5.56 Å². The van der Waals surface area contributed by atoms with Crippen LogP contribution in [0, 0.1) is 0 Å². The van der Waals surface area contributed by atoms with Crippen LogP contribution in [0.5, 0.6) is 5.75 Å². The van der Waals surface area contributed by atoms with Gasteiger partial charge < -0.3 is 27.4 Å². The van der Waals surface area contributed by atoms with Crippen molar-refractivity contribution >= 4 is 6.09 Å². The van der Waals surface area contributed by atoms with E-state index in [9.17, 15) is 4.79 Å². The van der Waals surface area contributed by atoms with Crippen molar-refractivity contribution in [3.8, 4) is 5.75 Å². The fourth-order valence-corrected chi connectivity index (χ4v) is 1.27. The smallest absolute Gasteiger partial charge is 0.414 e. The molecule has 0 unspecified atom stereocenters. The summed E-state index contributed by atoms with van der Waals surface area (Å²) in [5.41, 5.74) is 1.18. The lowest BCUT2D eigenvalue weighted by Crippen LogP contribution is -3.00. The second kappa shape index (κ2) is 7.92. The highest BCUT2D eigenvalue weighted by Gasteiger charge is 2.06. The molecule has 1 aromatic carbocycles. The summed E-state index contributed by atoms with van der Waals surface area (Å²) in [5.74, 6) is 0.604. The van der Waals surface area contributed by atoms with Crippen LogP contribution >= 0.6 is 0 Å². The normalized spacial score (nSPS) is 9.35. The molecular formula is C12H19ClN2O2. The van der Waals surface area contributed by atoms with Gasteiger partial charge in [-0.1, -0.05) is 12.1 Å². The molecule has 0 fully saturated rings. The molecule has 1 aromatic rings. The fraction of sp³-hybridized carbons (Fsp3) is 0.417. The summed E-state index contributed by atoms with van der Waals surface area (Å²) in [7, 11) is 5.37. The zero-order valence-electron chi connectivity index (χ0n) is 10.4. The molecule has 1 amide bonds. The first-order valence-corrected chi connectivity index (χ1v) is 5.39. The Hall–Kier alpha value is -1.26. The average Bonchev–Trinajstić information content (AvgIpc) is 2.26. The molecule has 0 aliphatic rings. The van der Waals surface area contributed by atoms with Crippen LogP contribution in [0.2, 0.25) is 0 Å². The lowest BCUT2D eigenvalue weighted by molar-refractivity contribution is -0.626. The van der Waals surface area contributed by atoms with E-state index in [2.05, 4.69) is 5.32 Å². The fourth-order valence-electron chi connectivity index (χ4n) is 1.27. The third-order valence-corrected chi connectivity index (χ3v) is 2.19. The van der Waals surface area contributed by atoms with E-state index in [-0.39, 0.29) is 18.5 Å². The highest BCUT2D eigenvalue weighted by molar-refractivity contribution is 5.69. The molecule has 0 saturated heterocycles. The number of halogens is 1. The molecule has 0 atom stereocenters. The molecule has 5 heteroatoms. The van der Waals surface area contributed by atoms with Gasteiger partial charge in [-0.25, -0.2) is 4.79 Å². The Kier molecular flexibility index (Phi) is 7.34. The van der Waals surface area contributed by atoms with Crippen molar-refractivity contribution in [2.24, 2.45) is 0 Å². The van der Waals surface area contributed by atoms with Crippen molar-refractivity contribution in [1.29, 1.82) is 0 Å². The number of nitrogens with zero attached hydrogens (tertiary/aromatic N) is 1. The van der Waals surface area contributed by atoms with Gasteiger partial charge in [0, 0.05) is 20.5 Å². The van der Waals surface area contributed by atoms with Gasteiger partial charge in [-0.05, 0) is 17.7 Å². The lowest BCUT2D eigenvalue weighted by atomic mass is 10.1. The second-order valence-corrected chi connectivity index (χ2v) is 3.86. The van der Waals surface area contributed by atoms with E-state index in [0.29, 0.717) is 5.75 Å². The number of amides is 1.